The highest BCUT2D eigenvalue weighted by Gasteiger charge is 2.47. The SMILES string of the molecule is CCC(C(=O)O)(C(=O)O)c1ccccn1. The number of hydrogen-bond donors (Lipinski definition) is 2. The summed E-state index contributed by atoms with van der Waals surface area (Å²) >= 11 is 0. The van der Waals surface area contributed by atoms with Gasteiger partial charge in [0.2, 0.25) is 5.41 Å². The second-order valence-corrected chi connectivity index (χ2v) is 3.08. The number of hydrogen-bond acceptors (Lipinski definition) is 3. The van der Waals surface area contributed by atoms with Gasteiger partial charge in [0, 0.05) is 6.20 Å². The van der Waals surface area contributed by atoms with Crippen molar-refractivity contribution < 1.29 is 19.8 Å². The van der Waals surface area contributed by atoms with Crippen molar-refractivity contribution in [2.75, 3.05) is 0 Å². The van der Waals surface area contributed by atoms with E-state index in [0.717, 1.165) is 0 Å². The molecule has 2 N–H and O–H groups in total. The van der Waals surface area contributed by atoms with Crippen LogP contribution >= 0.6 is 0 Å². The van der Waals surface area contributed by atoms with E-state index in [4.69, 9.17) is 10.2 Å². The Bertz CT molecular complexity index is 360. The van der Waals surface area contributed by atoms with Gasteiger partial charge in [0.15, 0.2) is 0 Å². The lowest BCUT2D eigenvalue weighted by Crippen LogP contribution is -2.43. The van der Waals surface area contributed by atoms with Gasteiger partial charge in [0.1, 0.15) is 0 Å². The number of pyridine rings is 1. The van der Waals surface area contributed by atoms with Gasteiger partial charge < -0.3 is 10.2 Å². The molecule has 0 saturated heterocycles. The highest BCUT2D eigenvalue weighted by atomic mass is 16.4. The molecule has 0 fully saturated rings. The van der Waals surface area contributed by atoms with Gasteiger partial charge in [0.25, 0.3) is 0 Å². The summed E-state index contributed by atoms with van der Waals surface area (Å²) in [6.45, 7) is 1.51. The largest absolute Gasteiger partial charge is 0.480 e. The van der Waals surface area contributed by atoms with Crippen molar-refractivity contribution in [2.24, 2.45) is 0 Å². The molecule has 5 heteroatoms. The number of carboxylic acid groups (broad SMARTS) is 2. The first-order chi connectivity index (χ1) is 7.05. The summed E-state index contributed by atoms with van der Waals surface area (Å²) in [6.07, 6.45) is 1.33. The standard InChI is InChI=1S/C10H11NO4/c1-2-10(8(12)13,9(14)15)7-5-3-4-6-11-7/h3-6H,2H2,1H3,(H,12,13)(H,14,15). The molecule has 1 rings (SSSR count). The van der Waals surface area contributed by atoms with Crippen LogP contribution in [0.2, 0.25) is 0 Å². The molecule has 1 aromatic rings. The van der Waals surface area contributed by atoms with Gasteiger partial charge in [-0.05, 0) is 18.6 Å². The zero-order valence-electron chi connectivity index (χ0n) is 8.17. The first kappa shape index (κ1) is 11.2. The highest BCUT2D eigenvalue weighted by Crippen LogP contribution is 2.26. The molecule has 15 heavy (non-hydrogen) atoms. The van der Waals surface area contributed by atoms with Crippen LogP contribution in [-0.2, 0) is 15.0 Å². The van der Waals surface area contributed by atoms with Gasteiger partial charge in [0.05, 0.1) is 5.69 Å². The maximum Gasteiger partial charge on any atom is 0.327 e. The van der Waals surface area contributed by atoms with Crippen molar-refractivity contribution >= 4 is 11.9 Å². The molecule has 0 aliphatic carbocycles. The van der Waals surface area contributed by atoms with Gasteiger partial charge >= 0.3 is 11.9 Å². The zero-order valence-corrected chi connectivity index (χ0v) is 8.17. The van der Waals surface area contributed by atoms with Crippen molar-refractivity contribution in [2.45, 2.75) is 18.8 Å². The molecule has 0 spiro atoms. The normalized spacial score (nSPS) is 11.0. The third-order valence-corrected chi connectivity index (χ3v) is 2.36. The van der Waals surface area contributed by atoms with Gasteiger partial charge in [-0.2, -0.15) is 0 Å². The molecule has 0 amide bonds. The topological polar surface area (TPSA) is 87.5 Å². The smallest absolute Gasteiger partial charge is 0.327 e. The van der Waals surface area contributed by atoms with Crippen LogP contribution in [0, 0.1) is 0 Å². The molecule has 0 aromatic carbocycles. The Morgan fingerprint density at radius 2 is 1.93 bits per heavy atom. The van der Waals surface area contributed by atoms with Crippen LogP contribution in [0.3, 0.4) is 0 Å². The third kappa shape index (κ3) is 1.68. The van der Waals surface area contributed by atoms with E-state index in [2.05, 4.69) is 4.98 Å². The average Bonchev–Trinajstić information content (AvgIpc) is 2.20. The lowest BCUT2D eigenvalue weighted by atomic mass is 9.81. The van der Waals surface area contributed by atoms with Crippen LogP contribution in [0.1, 0.15) is 19.0 Å². The van der Waals surface area contributed by atoms with E-state index < -0.39 is 17.4 Å². The lowest BCUT2D eigenvalue weighted by Gasteiger charge is -2.22. The number of carbonyl (C=O) groups is 2. The summed E-state index contributed by atoms with van der Waals surface area (Å²) in [5, 5.41) is 18.1. The van der Waals surface area contributed by atoms with Crippen molar-refractivity contribution in [1.29, 1.82) is 0 Å². The molecule has 1 aromatic heterocycles. The Kier molecular flexibility index (Phi) is 3.04. The predicted molar refractivity (Wildman–Crippen MR) is 51.5 cm³/mol. The molecule has 80 valence electrons. The molecule has 0 radical (unpaired) electrons. The summed E-state index contributed by atoms with van der Waals surface area (Å²) in [5.41, 5.74) is -1.89. The maximum atomic E-state index is 11.1. The van der Waals surface area contributed by atoms with E-state index in [1.165, 1.54) is 19.2 Å². The Labute approximate surface area is 86.4 Å². The molecule has 5 nitrogen and oxygen atoms in total. The van der Waals surface area contributed by atoms with Crippen LogP contribution in [0.15, 0.2) is 24.4 Å². The maximum absolute atomic E-state index is 11.1. The highest BCUT2D eigenvalue weighted by molar-refractivity contribution is 6.04. The molecule has 0 aliphatic heterocycles. The van der Waals surface area contributed by atoms with E-state index in [0.29, 0.717) is 0 Å². The Hall–Kier alpha value is -1.91. The van der Waals surface area contributed by atoms with Crippen molar-refractivity contribution in [3.63, 3.8) is 0 Å². The Morgan fingerprint density at radius 3 is 2.27 bits per heavy atom. The molecular weight excluding hydrogens is 198 g/mol. The summed E-state index contributed by atoms with van der Waals surface area (Å²) < 4.78 is 0. The number of aliphatic carboxylic acids is 2. The fourth-order valence-corrected chi connectivity index (χ4v) is 1.41. The molecule has 1 heterocycles. The fraction of sp³-hybridized carbons (Fsp3) is 0.300. The fourth-order valence-electron chi connectivity index (χ4n) is 1.41. The van der Waals surface area contributed by atoms with E-state index in [9.17, 15) is 9.59 Å². The number of rotatable bonds is 4. The van der Waals surface area contributed by atoms with E-state index in [1.54, 1.807) is 12.1 Å². The number of aromatic nitrogens is 1. The summed E-state index contributed by atoms with van der Waals surface area (Å²) in [7, 11) is 0. The minimum Gasteiger partial charge on any atom is -0.480 e. The minimum atomic E-state index is -1.94. The van der Waals surface area contributed by atoms with Gasteiger partial charge in [-0.15, -0.1) is 0 Å². The van der Waals surface area contributed by atoms with E-state index in [1.807, 2.05) is 0 Å². The Balaban J connectivity index is 3.35. The van der Waals surface area contributed by atoms with Crippen LogP contribution in [0.5, 0.6) is 0 Å². The van der Waals surface area contributed by atoms with Crippen LogP contribution < -0.4 is 0 Å². The third-order valence-electron chi connectivity index (χ3n) is 2.36. The monoisotopic (exact) mass is 209 g/mol. The van der Waals surface area contributed by atoms with Crippen LogP contribution in [0.4, 0.5) is 0 Å². The van der Waals surface area contributed by atoms with Crippen LogP contribution in [0.25, 0.3) is 0 Å². The predicted octanol–water partition coefficient (Wildman–Crippen LogP) is 0.899. The lowest BCUT2D eigenvalue weighted by molar-refractivity contribution is -0.158. The molecule has 0 saturated carbocycles. The zero-order chi connectivity index (χ0) is 11.5. The van der Waals surface area contributed by atoms with Crippen molar-refractivity contribution in [3.05, 3.63) is 30.1 Å². The van der Waals surface area contributed by atoms with Gasteiger partial charge in [-0.1, -0.05) is 13.0 Å². The molecule has 0 unspecified atom stereocenters. The number of carboxylic acids is 2. The van der Waals surface area contributed by atoms with Crippen molar-refractivity contribution in [3.8, 4) is 0 Å². The quantitative estimate of drug-likeness (QED) is 0.719. The summed E-state index contributed by atoms with van der Waals surface area (Å²) in [4.78, 5) is 26.0. The molecule has 0 bridgehead atoms. The summed E-state index contributed by atoms with van der Waals surface area (Å²) in [5.74, 6) is -2.78. The average molecular weight is 209 g/mol. The van der Waals surface area contributed by atoms with Crippen LogP contribution in [-0.4, -0.2) is 27.1 Å². The number of nitrogens with zero attached hydrogens (tertiary/aromatic N) is 1. The molecule has 0 aliphatic rings. The van der Waals surface area contributed by atoms with Crippen molar-refractivity contribution in [1.82, 2.24) is 4.98 Å². The first-order valence-corrected chi connectivity index (χ1v) is 4.44. The Morgan fingerprint density at radius 1 is 1.33 bits per heavy atom. The second kappa shape index (κ2) is 4.08. The van der Waals surface area contributed by atoms with E-state index in [-0.39, 0.29) is 12.1 Å². The second-order valence-electron chi connectivity index (χ2n) is 3.08. The first-order valence-electron chi connectivity index (χ1n) is 4.44. The molecule has 0 atom stereocenters. The van der Waals surface area contributed by atoms with Gasteiger partial charge in [-0.25, -0.2) is 0 Å². The summed E-state index contributed by atoms with van der Waals surface area (Å²) in [6, 6.07) is 4.58. The van der Waals surface area contributed by atoms with E-state index >= 15 is 0 Å². The minimum absolute atomic E-state index is 0.0469. The van der Waals surface area contributed by atoms with Gasteiger partial charge in [-0.3, -0.25) is 14.6 Å². The molecular formula is C10H11NO4.